The van der Waals surface area contributed by atoms with Gasteiger partial charge in [-0.1, -0.05) is 44.2 Å². The second-order valence-electron chi connectivity index (χ2n) is 6.08. The van der Waals surface area contributed by atoms with Crippen LogP contribution in [0.3, 0.4) is 0 Å². The van der Waals surface area contributed by atoms with Crippen molar-refractivity contribution in [1.82, 2.24) is 5.32 Å². The number of sulfone groups is 1. The molecular weight excluding hydrogens is 258 g/mol. The normalized spacial score (nSPS) is 23.2. The van der Waals surface area contributed by atoms with Crippen LogP contribution < -0.4 is 5.32 Å². The van der Waals surface area contributed by atoms with E-state index in [9.17, 15) is 8.42 Å². The summed E-state index contributed by atoms with van der Waals surface area (Å²) < 4.78 is 23.2. The Labute approximate surface area is 116 Å². The van der Waals surface area contributed by atoms with Crippen molar-refractivity contribution in [1.29, 1.82) is 0 Å². The maximum atomic E-state index is 11.6. The molecule has 1 aliphatic rings. The molecule has 3 nitrogen and oxygen atoms in total. The van der Waals surface area contributed by atoms with Crippen LogP contribution in [0.1, 0.15) is 32.3 Å². The summed E-state index contributed by atoms with van der Waals surface area (Å²) in [5, 5.41) is 3.44. The van der Waals surface area contributed by atoms with Gasteiger partial charge in [0.2, 0.25) is 0 Å². The van der Waals surface area contributed by atoms with Gasteiger partial charge in [-0.2, -0.15) is 0 Å². The summed E-state index contributed by atoms with van der Waals surface area (Å²) in [4.78, 5) is 0. The number of rotatable bonds is 4. The van der Waals surface area contributed by atoms with Crippen LogP contribution in [0.2, 0.25) is 0 Å². The summed E-state index contributed by atoms with van der Waals surface area (Å²) in [5.74, 6) is 0.644. The van der Waals surface area contributed by atoms with E-state index in [1.54, 1.807) is 0 Å². The smallest absolute Gasteiger partial charge is 0.151 e. The Hall–Kier alpha value is -0.870. The van der Waals surface area contributed by atoms with Crippen molar-refractivity contribution in [3.63, 3.8) is 0 Å². The van der Waals surface area contributed by atoms with Crippen LogP contribution in [0.15, 0.2) is 30.3 Å². The molecule has 0 spiro atoms. The lowest BCUT2D eigenvalue weighted by atomic mass is 9.84. The minimum absolute atomic E-state index is 0.0163. The lowest BCUT2D eigenvalue weighted by Crippen LogP contribution is -2.45. The Balaban J connectivity index is 1.95. The molecular formula is C15H23NO2S. The van der Waals surface area contributed by atoms with E-state index >= 15 is 0 Å². The molecule has 1 N–H and O–H groups in total. The molecule has 0 saturated carbocycles. The third kappa shape index (κ3) is 4.05. The van der Waals surface area contributed by atoms with Gasteiger partial charge in [-0.15, -0.1) is 0 Å². The molecule has 1 unspecified atom stereocenters. The van der Waals surface area contributed by atoms with Crippen molar-refractivity contribution in [3.05, 3.63) is 35.9 Å². The molecule has 1 heterocycles. The van der Waals surface area contributed by atoms with E-state index in [1.807, 2.05) is 18.2 Å². The summed E-state index contributed by atoms with van der Waals surface area (Å²) >= 11 is 0. The highest BCUT2D eigenvalue weighted by Gasteiger charge is 2.27. The Bertz CT molecular complexity index is 508. The van der Waals surface area contributed by atoms with E-state index in [1.165, 1.54) is 5.56 Å². The first-order valence-electron chi connectivity index (χ1n) is 6.88. The van der Waals surface area contributed by atoms with Crippen molar-refractivity contribution in [2.45, 2.75) is 38.1 Å². The number of hydrogen-bond donors (Lipinski definition) is 1. The predicted octanol–water partition coefficient (Wildman–Crippen LogP) is 2.13. The molecule has 106 valence electrons. The average molecular weight is 281 g/mol. The molecule has 2 rings (SSSR count). The SMILES string of the molecule is CC(C)(CNC1CCCS(=O)(=O)C1)c1ccccc1. The Morgan fingerprint density at radius 3 is 2.58 bits per heavy atom. The molecule has 0 radical (unpaired) electrons. The van der Waals surface area contributed by atoms with Gasteiger partial charge < -0.3 is 5.32 Å². The number of benzene rings is 1. The zero-order chi connectivity index (χ0) is 13.9. The Morgan fingerprint density at radius 2 is 1.95 bits per heavy atom. The number of hydrogen-bond acceptors (Lipinski definition) is 3. The molecule has 1 aromatic carbocycles. The largest absolute Gasteiger partial charge is 0.312 e. The second kappa shape index (κ2) is 5.63. The quantitative estimate of drug-likeness (QED) is 0.919. The summed E-state index contributed by atoms with van der Waals surface area (Å²) in [5.41, 5.74) is 1.30. The molecule has 0 aromatic heterocycles. The molecule has 1 atom stereocenters. The molecule has 1 saturated heterocycles. The molecule has 1 aromatic rings. The highest BCUT2D eigenvalue weighted by atomic mass is 32.2. The van der Waals surface area contributed by atoms with Crippen molar-refractivity contribution < 1.29 is 8.42 Å². The van der Waals surface area contributed by atoms with Crippen LogP contribution in [0.4, 0.5) is 0 Å². The van der Waals surface area contributed by atoms with Crippen LogP contribution in [0, 0.1) is 0 Å². The van der Waals surface area contributed by atoms with Gasteiger partial charge in [-0.25, -0.2) is 8.42 Å². The first-order chi connectivity index (χ1) is 8.89. The van der Waals surface area contributed by atoms with Gasteiger partial charge in [0, 0.05) is 18.0 Å². The van der Waals surface area contributed by atoms with Gasteiger partial charge in [-0.3, -0.25) is 0 Å². The lowest BCUT2D eigenvalue weighted by molar-refractivity contribution is 0.408. The summed E-state index contributed by atoms with van der Waals surface area (Å²) in [6.45, 7) is 5.18. The van der Waals surface area contributed by atoms with Crippen molar-refractivity contribution in [2.24, 2.45) is 0 Å². The topological polar surface area (TPSA) is 46.2 Å². The van der Waals surface area contributed by atoms with Gasteiger partial charge in [0.25, 0.3) is 0 Å². The Morgan fingerprint density at radius 1 is 1.26 bits per heavy atom. The standard InChI is InChI=1S/C15H23NO2S/c1-15(2,13-7-4-3-5-8-13)12-16-14-9-6-10-19(17,18)11-14/h3-5,7-8,14,16H,6,9-12H2,1-2H3. The van der Waals surface area contributed by atoms with Crippen molar-refractivity contribution >= 4 is 9.84 Å². The van der Waals surface area contributed by atoms with E-state index in [0.29, 0.717) is 5.75 Å². The maximum Gasteiger partial charge on any atom is 0.151 e. The van der Waals surface area contributed by atoms with Gasteiger partial charge in [0.15, 0.2) is 9.84 Å². The summed E-state index contributed by atoms with van der Waals surface area (Å²) in [7, 11) is -2.83. The third-order valence-electron chi connectivity index (χ3n) is 3.85. The minimum atomic E-state index is -2.83. The molecule has 1 aliphatic heterocycles. The van der Waals surface area contributed by atoms with E-state index in [0.717, 1.165) is 19.4 Å². The van der Waals surface area contributed by atoms with Gasteiger partial charge >= 0.3 is 0 Å². The predicted molar refractivity (Wildman–Crippen MR) is 79.1 cm³/mol. The van der Waals surface area contributed by atoms with Crippen molar-refractivity contribution in [2.75, 3.05) is 18.1 Å². The maximum absolute atomic E-state index is 11.6. The molecule has 1 fully saturated rings. The van der Waals surface area contributed by atoms with E-state index < -0.39 is 9.84 Å². The molecule has 0 aliphatic carbocycles. The first-order valence-corrected chi connectivity index (χ1v) is 8.71. The van der Waals surface area contributed by atoms with E-state index in [-0.39, 0.29) is 17.2 Å². The van der Waals surface area contributed by atoms with E-state index in [4.69, 9.17) is 0 Å². The molecule has 19 heavy (non-hydrogen) atoms. The van der Waals surface area contributed by atoms with Gasteiger partial charge in [-0.05, 0) is 18.4 Å². The zero-order valence-corrected chi connectivity index (χ0v) is 12.5. The average Bonchev–Trinajstić information content (AvgIpc) is 2.37. The highest BCUT2D eigenvalue weighted by Crippen LogP contribution is 2.22. The van der Waals surface area contributed by atoms with E-state index in [2.05, 4.69) is 31.3 Å². The second-order valence-corrected chi connectivity index (χ2v) is 8.31. The van der Waals surface area contributed by atoms with Crippen LogP contribution in [-0.4, -0.2) is 32.5 Å². The summed E-state index contributed by atoms with van der Waals surface area (Å²) in [6.07, 6.45) is 1.75. The van der Waals surface area contributed by atoms with Gasteiger partial charge in [0.05, 0.1) is 11.5 Å². The third-order valence-corrected chi connectivity index (χ3v) is 5.67. The lowest BCUT2D eigenvalue weighted by Gasteiger charge is -2.30. The Kier molecular flexibility index (Phi) is 4.31. The summed E-state index contributed by atoms with van der Waals surface area (Å²) in [6, 6.07) is 10.5. The highest BCUT2D eigenvalue weighted by molar-refractivity contribution is 7.91. The van der Waals surface area contributed by atoms with Gasteiger partial charge in [0.1, 0.15) is 0 Å². The monoisotopic (exact) mass is 281 g/mol. The van der Waals surface area contributed by atoms with Crippen molar-refractivity contribution in [3.8, 4) is 0 Å². The minimum Gasteiger partial charge on any atom is -0.312 e. The van der Waals surface area contributed by atoms with Crippen LogP contribution in [-0.2, 0) is 15.3 Å². The molecule has 0 amide bonds. The fourth-order valence-corrected chi connectivity index (χ4v) is 4.25. The molecule has 4 heteroatoms. The fourth-order valence-electron chi connectivity index (χ4n) is 2.57. The molecule has 0 bridgehead atoms. The van der Waals surface area contributed by atoms with Crippen LogP contribution >= 0.6 is 0 Å². The number of nitrogens with one attached hydrogen (secondary N) is 1. The van der Waals surface area contributed by atoms with Crippen LogP contribution in [0.25, 0.3) is 0 Å². The fraction of sp³-hybridized carbons (Fsp3) is 0.600. The van der Waals surface area contributed by atoms with Crippen LogP contribution in [0.5, 0.6) is 0 Å². The zero-order valence-electron chi connectivity index (χ0n) is 11.7. The first kappa shape index (κ1) is 14.5.